The highest BCUT2D eigenvalue weighted by Gasteiger charge is 2.35. The Kier molecular flexibility index (Phi) is 7.25. The lowest BCUT2D eigenvalue weighted by molar-refractivity contribution is -0.142. The van der Waals surface area contributed by atoms with E-state index in [1.54, 1.807) is 24.3 Å². The molecular weight excluding hydrogens is 366 g/mol. The van der Waals surface area contributed by atoms with Crippen LogP contribution < -0.4 is 5.32 Å². The van der Waals surface area contributed by atoms with Crippen LogP contribution >= 0.6 is 0 Å². The highest BCUT2D eigenvalue weighted by molar-refractivity contribution is 6.21. The zero-order valence-corrected chi connectivity index (χ0v) is 15.9. The van der Waals surface area contributed by atoms with Gasteiger partial charge in [0.25, 0.3) is 11.8 Å². The van der Waals surface area contributed by atoms with Gasteiger partial charge < -0.3 is 15.0 Å². The van der Waals surface area contributed by atoms with E-state index < -0.39 is 17.8 Å². The van der Waals surface area contributed by atoms with Crippen molar-refractivity contribution in [1.29, 1.82) is 0 Å². The van der Waals surface area contributed by atoms with Crippen LogP contribution in [0.15, 0.2) is 24.3 Å². The number of nitrogens with zero attached hydrogens (tertiary/aromatic N) is 2. The summed E-state index contributed by atoms with van der Waals surface area (Å²) in [5.41, 5.74) is 0.654. The molecule has 0 spiro atoms. The zero-order valence-electron chi connectivity index (χ0n) is 15.9. The Morgan fingerprint density at radius 3 is 2.18 bits per heavy atom. The Balaban J connectivity index is 1.96. The number of nitrogens with one attached hydrogen (secondary N) is 1. The van der Waals surface area contributed by atoms with Gasteiger partial charge in [-0.2, -0.15) is 0 Å². The molecule has 9 nitrogen and oxygen atoms in total. The summed E-state index contributed by atoms with van der Waals surface area (Å²) in [6.45, 7) is 1.86. The van der Waals surface area contributed by atoms with Crippen LogP contribution in [0.4, 0.5) is 0 Å². The van der Waals surface area contributed by atoms with Crippen molar-refractivity contribution in [3.63, 3.8) is 0 Å². The van der Waals surface area contributed by atoms with Crippen LogP contribution in [-0.4, -0.2) is 72.7 Å². The number of esters is 1. The fourth-order valence-corrected chi connectivity index (χ4v) is 2.86. The summed E-state index contributed by atoms with van der Waals surface area (Å²) >= 11 is 0. The summed E-state index contributed by atoms with van der Waals surface area (Å²) in [6.07, 6.45) is -0.0674. The number of hydrogen-bond acceptors (Lipinski definition) is 6. The number of ether oxygens (including phenoxy) is 1. The van der Waals surface area contributed by atoms with E-state index in [9.17, 15) is 24.0 Å². The minimum absolute atomic E-state index is 0.00925. The average Bonchev–Trinajstić information content (AvgIpc) is 2.92. The lowest BCUT2D eigenvalue weighted by atomic mass is 10.1. The molecule has 1 aromatic carbocycles. The van der Waals surface area contributed by atoms with Crippen molar-refractivity contribution in [3.8, 4) is 0 Å². The van der Waals surface area contributed by atoms with Crippen LogP contribution in [0, 0.1) is 0 Å². The van der Waals surface area contributed by atoms with Crippen LogP contribution in [0.5, 0.6) is 0 Å². The quantitative estimate of drug-likeness (QED) is 0.477. The summed E-state index contributed by atoms with van der Waals surface area (Å²) in [5, 5.41) is 2.59. The van der Waals surface area contributed by atoms with E-state index in [1.807, 2.05) is 0 Å². The molecule has 1 aliphatic heterocycles. The Morgan fingerprint density at radius 1 is 1.04 bits per heavy atom. The first kappa shape index (κ1) is 21.1. The number of hydrogen-bond donors (Lipinski definition) is 1. The third-order valence-corrected chi connectivity index (χ3v) is 4.35. The number of methoxy groups -OCH3 is 1. The molecule has 0 saturated carbocycles. The molecule has 0 unspecified atom stereocenters. The molecule has 1 aromatic rings. The second-order valence-electron chi connectivity index (χ2n) is 6.25. The summed E-state index contributed by atoms with van der Waals surface area (Å²) in [7, 11) is 1.26. The van der Waals surface area contributed by atoms with Crippen molar-refractivity contribution >= 4 is 29.6 Å². The minimum atomic E-state index is -0.460. The van der Waals surface area contributed by atoms with Crippen LogP contribution in [0.3, 0.4) is 0 Å². The maximum absolute atomic E-state index is 12.6. The molecule has 1 heterocycles. The number of carbonyl (C=O) groups excluding carboxylic acids is 5. The molecule has 1 N–H and O–H groups in total. The van der Waals surface area contributed by atoms with E-state index in [0.717, 1.165) is 4.90 Å². The van der Waals surface area contributed by atoms with Crippen molar-refractivity contribution in [3.05, 3.63) is 35.4 Å². The van der Waals surface area contributed by atoms with Gasteiger partial charge in [-0.15, -0.1) is 0 Å². The molecule has 9 heteroatoms. The van der Waals surface area contributed by atoms with Crippen LogP contribution in [-0.2, 0) is 19.1 Å². The first-order chi connectivity index (χ1) is 13.3. The van der Waals surface area contributed by atoms with Gasteiger partial charge >= 0.3 is 5.97 Å². The fraction of sp³-hybridized carbons (Fsp3) is 0.421. The molecule has 0 bridgehead atoms. The minimum Gasteiger partial charge on any atom is -0.469 e. The average molecular weight is 389 g/mol. The van der Waals surface area contributed by atoms with E-state index in [2.05, 4.69) is 10.1 Å². The second kappa shape index (κ2) is 9.63. The third kappa shape index (κ3) is 5.15. The molecule has 0 aromatic heterocycles. The normalized spacial score (nSPS) is 12.6. The molecule has 0 atom stereocenters. The standard InChI is InChI=1S/C19H23N3O6/c1-13(23)20-9-12-21(10-8-17(25)28-2)16(24)7-11-22-18(26)14-5-3-4-6-15(14)19(22)27/h3-6H,7-12H2,1-2H3,(H,20,23). The van der Waals surface area contributed by atoms with Gasteiger partial charge in [-0.3, -0.25) is 28.9 Å². The molecule has 0 aliphatic carbocycles. The van der Waals surface area contributed by atoms with Crippen LogP contribution in [0.2, 0.25) is 0 Å². The number of fused-ring (bicyclic) bond motifs is 1. The van der Waals surface area contributed by atoms with Crippen LogP contribution in [0.1, 0.15) is 40.5 Å². The maximum Gasteiger partial charge on any atom is 0.307 e. The van der Waals surface area contributed by atoms with Crippen molar-refractivity contribution in [2.75, 3.05) is 33.3 Å². The Bertz CT molecular complexity index is 757. The summed E-state index contributed by atoms with van der Waals surface area (Å²) in [4.78, 5) is 62.1. The summed E-state index contributed by atoms with van der Waals surface area (Å²) in [5.74, 6) is -1.87. The molecule has 0 fully saturated rings. The Hall–Kier alpha value is -3.23. The van der Waals surface area contributed by atoms with E-state index in [0.29, 0.717) is 11.1 Å². The van der Waals surface area contributed by atoms with Gasteiger partial charge in [-0.1, -0.05) is 12.1 Å². The molecular formula is C19H23N3O6. The largest absolute Gasteiger partial charge is 0.469 e. The van der Waals surface area contributed by atoms with Crippen LogP contribution in [0.25, 0.3) is 0 Å². The van der Waals surface area contributed by atoms with Crippen molar-refractivity contribution in [2.45, 2.75) is 19.8 Å². The Labute approximate surface area is 162 Å². The molecule has 1 aliphatic rings. The van der Waals surface area contributed by atoms with Gasteiger partial charge in [0.15, 0.2) is 0 Å². The molecule has 2 rings (SSSR count). The molecule has 28 heavy (non-hydrogen) atoms. The highest BCUT2D eigenvalue weighted by Crippen LogP contribution is 2.22. The number of rotatable bonds is 9. The van der Waals surface area contributed by atoms with Gasteiger partial charge in [-0.05, 0) is 12.1 Å². The first-order valence-corrected chi connectivity index (χ1v) is 8.89. The smallest absolute Gasteiger partial charge is 0.307 e. The third-order valence-electron chi connectivity index (χ3n) is 4.35. The predicted octanol–water partition coefficient (Wildman–Crippen LogP) is 0.201. The predicted molar refractivity (Wildman–Crippen MR) is 98.3 cm³/mol. The SMILES string of the molecule is COC(=O)CCN(CCNC(C)=O)C(=O)CCN1C(=O)c2ccccc2C1=O. The Morgan fingerprint density at radius 2 is 1.64 bits per heavy atom. The highest BCUT2D eigenvalue weighted by atomic mass is 16.5. The maximum atomic E-state index is 12.6. The van der Waals surface area contributed by atoms with Gasteiger partial charge in [-0.25, -0.2) is 0 Å². The summed E-state index contributed by atoms with van der Waals surface area (Å²) < 4.78 is 4.58. The molecule has 4 amide bonds. The van der Waals surface area contributed by atoms with Crippen molar-refractivity contribution in [1.82, 2.24) is 15.1 Å². The molecule has 150 valence electrons. The van der Waals surface area contributed by atoms with E-state index in [1.165, 1.54) is 18.9 Å². The second-order valence-corrected chi connectivity index (χ2v) is 6.25. The zero-order chi connectivity index (χ0) is 20.7. The lowest BCUT2D eigenvalue weighted by Crippen LogP contribution is -2.41. The van der Waals surface area contributed by atoms with Crippen molar-refractivity contribution in [2.24, 2.45) is 0 Å². The van der Waals surface area contributed by atoms with E-state index in [4.69, 9.17) is 0 Å². The topological polar surface area (TPSA) is 113 Å². The number of carbonyl (C=O) groups is 5. The van der Waals surface area contributed by atoms with Gasteiger partial charge in [0.1, 0.15) is 0 Å². The van der Waals surface area contributed by atoms with E-state index in [-0.39, 0.29) is 50.8 Å². The molecule has 0 saturated heterocycles. The van der Waals surface area contributed by atoms with Gasteiger partial charge in [0, 0.05) is 39.5 Å². The van der Waals surface area contributed by atoms with Gasteiger partial charge in [0.05, 0.1) is 24.7 Å². The number of benzene rings is 1. The fourth-order valence-electron chi connectivity index (χ4n) is 2.86. The number of amides is 4. The summed E-state index contributed by atoms with van der Waals surface area (Å²) in [6, 6.07) is 6.51. The van der Waals surface area contributed by atoms with E-state index >= 15 is 0 Å². The van der Waals surface area contributed by atoms with Crippen molar-refractivity contribution < 1.29 is 28.7 Å². The monoisotopic (exact) mass is 389 g/mol. The molecule has 0 radical (unpaired) electrons. The number of imide groups is 1. The first-order valence-electron chi connectivity index (χ1n) is 8.89. The lowest BCUT2D eigenvalue weighted by Gasteiger charge is -2.23. The van der Waals surface area contributed by atoms with Gasteiger partial charge in [0.2, 0.25) is 11.8 Å².